The molecule has 28 heavy (non-hydrogen) atoms. The molecule has 1 N–H and O–H groups in total. The van der Waals surface area contributed by atoms with Crippen molar-refractivity contribution in [3.8, 4) is 0 Å². The lowest BCUT2D eigenvalue weighted by Gasteiger charge is -2.52. The van der Waals surface area contributed by atoms with Gasteiger partial charge in [0.2, 0.25) is 0 Å². The third-order valence-corrected chi connectivity index (χ3v) is 6.97. The number of piperidine rings is 1. The van der Waals surface area contributed by atoms with Gasteiger partial charge in [0.05, 0.1) is 0 Å². The Morgan fingerprint density at radius 1 is 1.21 bits per heavy atom. The van der Waals surface area contributed by atoms with Crippen molar-refractivity contribution in [2.24, 2.45) is 18.9 Å². The molecule has 3 atom stereocenters. The van der Waals surface area contributed by atoms with Crippen LogP contribution in [0.4, 0.5) is 0 Å². The maximum Gasteiger partial charge on any atom is 0.141 e. The Labute approximate surface area is 166 Å². The fraction of sp³-hybridized carbons (Fsp3) is 0.522. The highest BCUT2D eigenvalue weighted by Gasteiger charge is 2.53. The van der Waals surface area contributed by atoms with Crippen molar-refractivity contribution in [2.75, 3.05) is 13.1 Å². The summed E-state index contributed by atoms with van der Waals surface area (Å²) in [5.41, 5.74) is 1.49. The van der Waals surface area contributed by atoms with E-state index in [0.717, 1.165) is 56.1 Å². The van der Waals surface area contributed by atoms with E-state index in [2.05, 4.69) is 35.0 Å². The Balaban J connectivity index is 1.45. The largest absolute Gasteiger partial charge is 0.461 e. The summed E-state index contributed by atoms with van der Waals surface area (Å²) in [4.78, 5) is 7.07. The number of benzene rings is 1. The van der Waals surface area contributed by atoms with Crippen molar-refractivity contribution >= 4 is 11.0 Å². The number of aliphatic hydroxyl groups is 1. The van der Waals surface area contributed by atoms with E-state index in [1.807, 2.05) is 23.9 Å². The van der Waals surface area contributed by atoms with Crippen LogP contribution in [0, 0.1) is 11.8 Å². The van der Waals surface area contributed by atoms with E-state index in [4.69, 9.17) is 4.42 Å². The van der Waals surface area contributed by atoms with Gasteiger partial charge in [-0.15, -0.1) is 0 Å². The molecule has 1 unspecified atom stereocenters. The minimum Gasteiger partial charge on any atom is -0.461 e. The Hall–Kier alpha value is -2.11. The van der Waals surface area contributed by atoms with Crippen LogP contribution in [-0.4, -0.2) is 32.6 Å². The lowest BCUT2D eigenvalue weighted by Crippen LogP contribution is -2.58. The lowest BCUT2D eigenvalue weighted by molar-refractivity contribution is -0.155. The van der Waals surface area contributed by atoms with Gasteiger partial charge in [-0.05, 0) is 18.9 Å². The number of para-hydroxylation sites is 1. The molecule has 2 bridgehead atoms. The van der Waals surface area contributed by atoms with E-state index < -0.39 is 5.60 Å². The first kappa shape index (κ1) is 18.0. The first-order valence-corrected chi connectivity index (χ1v) is 10.5. The number of rotatable bonds is 4. The number of fused-ring (bicyclic) bond motifs is 3. The van der Waals surface area contributed by atoms with Crippen molar-refractivity contribution < 1.29 is 9.52 Å². The standard InChI is InChI=1S/C23H29N3O2/c1-3-20-19(18-9-4-5-10-21(18)28-20)15-26-13-16-7-6-8-17(14-26)23(16,27)22-24-11-12-25(22)2/h4-5,9-12,16-17,27H,3,6-8,13-15H2,1-2H3/t16-,17+,23?. The summed E-state index contributed by atoms with van der Waals surface area (Å²) in [6.45, 7) is 4.86. The van der Waals surface area contributed by atoms with Gasteiger partial charge in [-0.1, -0.05) is 31.5 Å². The summed E-state index contributed by atoms with van der Waals surface area (Å²) in [6, 6.07) is 8.35. The summed E-state index contributed by atoms with van der Waals surface area (Å²) in [7, 11) is 1.99. The van der Waals surface area contributed by atoms with Crippen molar-refractivity contribution in [3.05, 3.63) is 53.8 Å². The highest BCUT2D eigenvalue weighted by Crippen LogP contribution is 2.49. The quantitative estimate of drug-likeness (QED) is 0.748. The van der Waals surface area contributed by atoms with Gasteiger partial charge in [0.15, 0.2) is 0 Å². The van der Waals surface area contributed by atoms with Crippen molar-refractivity contribution in [3.63, 3.8) is 0 Å². The summed E-state index contributed by atoms with van der Waals surface area (Å²) >= 11 is 0. The molecular weight excluding hydrogens is 350 g/mol. The molecule has 1 saturated heterocycles. The van der Waals surface area contributed by atoms with E-state index in [1.165, 1.54) is 17.4 Å². The minimum absolute atomic E-state index is 0.226. The molecule has 0 amide bonds. The fourth-order valence-corrected chi connectivity index (χ4v) is 5.62. The van der Waals surface area contributed by atoms with Gasteiger partial charge in [0.25, 0.3) is 0 Å². The summed E-state index contributed by atoms with van der Waals surface area (Å²) in [6.07, 6.45) is 7.97. The molecule has 5 rings (SSSR count). The lowest BCUT2D eigenvalue weighted by atomic mass is 9.65. The highest BCUT2D eigenvalue weighted by atomic mass is 16.3. The van der Waals surface area contributed by atoms with Crippen LogP contribution in [0.2, 0.25) is 0 Å². The predicted octanol–water partition coefficient (Wildman–Crippen LogP) is 3.85. The van der Waals surface area contributed by atoms with Crippen LogP contribution < -0.4 is 0 Å². The molecule has 1 aliphatic carbocycles. The molecule has 1 aliphatic heterocycles. The molecule has 5 nitrogen and oxygen atoms in total. The normalized spacial score (nSPS) is 28.1. The van der Waals surface area contributed by atoms with E-state index in [9.17, 15) is 5.11 Å². The zero-order chi connectivity index (χ0) is 19.3. The van der Waals surface area contributed by atoms with Crippen molar-refractivity contribution in [1.29, 1.82) is 0 Å². The third-order valence-electron chi connectivity index (χ3n) is 6.97. The molecule has 2 aliphatic rings. The first-order chi connectivity index (χ1) is 13.6. The van der Waals surface area contributed by atoms with E-state index in [1.54, 1.807) is 6.20 Å². The fourth-order valence-electron chi connectivity index (χ4n) is 5.62. The Kier molecular flexibility index (Phi) is 4.33. The number of likely N-dealkylation sites (tertiary alicyclic amines) is 1. The highest BCUT2D eigenvalue weighted by molar-refractivity contribution is 5.82. The van der Waals surface area contributed by atoms with Crippen LogP contribution in [0.1, 0.15) is 43.3 Å². The maximum absolute atomic E-state index is 11.8. The number of nitrogens with zero attached hydrogens (tertiary/aromatic N) is 3. The van der Waals surface area contributed by atoms with Crippen LogP contribution >= 0.6 is 0 Å². The SMILES string of the molecule is CCc1oc2ccccc2c1CN1C[C@H]2CCC[C@@H](C1)C2(O)c1nccn1C. The van der Waals surface area contributed by atoms with Crippen LogP contribution in [-0.2, 0) is 25.6 Å². The molecule has 3 aromatic rings. The molecule has 2 fully saturated rings. The topological polar surface area (TPSA) is 54.4 Å². The summed E-state index contributed by atoms with van der Waals surface area (Å²) < 4.78 is 8.11. The average Bonchev–Trinajstić information content (AvgIpc) is 3.26. The molecule has 1 saturated carbocycles. The number of aryl methyl sites for hydroxylation is 2. The maximum atomic E-state index is 11.8. The van der Waals surface area contributed by atoms with E-state index >= 15 is 0 Å². The molecule has 2 aromatic heterocycles. The number of hydrogen-bond donors (Lipinski definition) is 1. The van der Waals surface area contributed by atoms with Gasteiger partial charge < -0.3 is 14.1 Å². The summed E-state index contributed by atoms with van der Waals surface area (Å²) in [5.74, 6) is 2.38. The van der Waals surface area contributed by atoms with Gasteiger partial charge in [0, 0.05) is 68.3 Å². The van der Waals surface area contributed by atoms with Crippen LogP contribution in [0.15, 0.2) is 41.1 Å². The van der Waals surface area contributed by atoms with Gasteiger partial charge >= 0.3 is 0 Å². The second-order valence-electron chi connectivity index (χ2n) is 8.56. The Bertz CT molecular complexity index is 975. The zero-order valence-corrected chi connectivity index (χ0v) is 16.8. The van der Waals surface area contributed by atoms with Crippen LogP contribution in [0.5, 0.6) is 0 Å². The zero-order valence-electron chi connectivity index (χ0n) is 16.8. The predicted molar refractivity (Wildman–Crippen MR) is 109 cm³/mol. The van der Waals surface area contributed by atoms with Crippen LogP contribution in [0.3, 0.4) is 0 Å². The molecule has 5 heteroatoms. The second kappa shape index (κ2) is 6.75. The Morgan fingerprint density at radius 2 is 1.96 bits per heavy atom. The van der Waals surface area contributed by atoms with Gasteiger partial charge in [-0.2, -0.15) is 0 Å². The van der Waals surface area contributed by atoms with Crippen molar-refractivity contribution in [2.45, 2.75) is 44.8 Å². The molecule has 3 heterocycles. The van der Waals surface area contributed by atoms with Crippen LogP contribution in [0.25, 0.3) is 11.0 Å². The second-order valence-corrected chi connectivity index (χ2v) is 8.56. The first-order valence-electron chi connectivity index (χ1n) is 10.5. The van der Waals surface area contributed by atoms with Gasteiger partial charge in [0.1, 0.15) is 22.8 Å². The van der Waals surface area contributed by atoms with E-state index in [0.29, 0.717) is 0 Å². The van der Waals surface area contributed by atoms with Crippen molar-refractivity contribution in [1.82, 2.24) is 14.5 Å². The molecule has 1 aromatic carbocycles. The molecule has 0 radical (unpaired) electrons. The third kappa shape index (κ3) is 2.64. The smallest absolute Gasteiger partial charge is 0.141 e. The summed E-state index contributed by atoms with van der Waals surface area (Å²) in [5, 5.41) is 13.0. The number of imidazole rings is 1. The van der Waals surface area contributed by atoms with E-state index in [-0.39, 0.29) is 11.8 Å². The molecule has 148 valence electrons. The molecular formula is C23H29N3O2. The molecule has 0 spiro atoms. The van der Waals surface area contributed by atoms with Gasteiger partial charge in [-0.25, -0.2) is 4.98 Å². The number of hydrogen-bond acceptors (Lipinski definition) is 4. The van der Waals surface area contributed by atoms with Gasteiger partial charge in [-0.3, -0.25) is 4.90 Å². The average molecular weight is 380 g/mol. The minimum atomic E-state index is -0.806. The number of furan rings is 1. The number of aromatic nitrogens is 2. The monoisotopic (exact) mass is 379 g/mol. The Morgan fingerprint density at radius 3 is 2.64 bits per heavy atom.